The Hall–Kier alpha value is -2.38. The lowest BCUT2D eigenvalue weighted by Gasteiger charge is -2.39. The second-order valence-electron chi connectivity index (χ2n) is 9.63. The van der Waals surface area contributed by atoms with E-state index in [4.69, 9.17) is 0 Å². The molecule has 2 aromatic carbocycles. The van der Waals surface area contributed by atoms with Crippen molar-refractivity contribution >= 4 is 29.4 Å². The fourth-order valence-electron chi connectivity index (χ4n) is 5.38. The minimum absolute atomic E-state index is 0.101. The number of carbonyl (C=O) groups excluding carboxylic acids is 2. The lowest BCUT2D eigenvalue weighted by atomic mass is 9.93. The Morgan fingerprint density at radius 1 is 1.03 bits per heavy atom. The van der Waals surface area contributed by atoms with Gasteiger partial charge in [-0.1, -0.05) is 68.0 Å². The van der Waals surface area contributed by atoms with E-state index in [2.05, 4.69) is 9.62 Å². The minimum atomic E-state index is -0.877. The zero-order valence-electron chi connectivity index (χ0n) is 20.7. The molecule has 5 nitrogen and oxygen atoms in total. The van der Waals surface area contributed by atoms with E-state index in [-0.39, 0.29) is 23.9 Å². The number of anilines is 1. The number of hydrogen-bond acceptors (Lipinski definition) is 4. The second kappa shape index (κ2) is 12.0. The van der Waals surface area contributed by atoms with E-state index in [0.717, 1.165) is 62.6 Å². The first kappa shape index (κ1) is 25.7. The van der Waals surface area contributed by atoms with Crippen LogP contribution in [0.1, 0.15) is 68.5 Å². The van der Waals surface area contributed by atoms with E-state index in [0.29, 0.717) is 5.69 Å². The molecule has 1 N–H and O–H groups in total. The number of hydrogen-bond donors (Lipinski definition) is 1. The van der Waals surface area contributed by atoms with Crippen molar-refractivity contribution in [3.63, 3.8) is 0 Å². The first-order chi connectivity index (χ1) is 17.0. The van der Waals surface area contributed by atoms with E-state index in [9.17, 15) is 14.0 Å². The number of nitrogens with one attached hydrogen (secondary N) is 1. The molecule has 2 fully saturated rings. The molecule has 1 aliphatic carbocycles. The Labute approximate surface area is 212 Å². The molecule has 1 saturated heterocycles. The maximum absolute atomic E-state index is 14.4. The molecule has 2 aliphatic rings. The standard InChI is InChI=1S/C28H36FN3O2S/c1-20-11-6-7-16-24(20)26(27(33)30-22-13-4-3-5-14-22)32(23-15-10-12-21(29)19-23)28(34)25-17-8-9-18-31(25)35-2/h6-7,10-12,15-16,19,22,25-26H,3-5,8-9,13-14,17-18H2,1-2H3,(H,30,33)/t25-,26+/m1/s1. The highest BCUT2D eigenvalue weighted by Gasteiger charge is 2.40. The number of aryl methyl sites for hydroxylation is 1. The highest BCUT2D eigenvalue weighted by Crippen LogP contribution is 2.34. The fraction of sp³-hybridized carbons (Fsp3) is 0.500. The van der Waals surface area contributed by atoms with Crippen molar-refractivity contribution in [3.8, 4) is 0 Å². The van der Waals surface area contributed by atoms with Gasteiger partial charge < -0.3 is 5.32 Å². The first-order valence-corrected chi connectivity index (χ1v) is 13.9. The molecule has 2 aromatic rings. The summed E-state index contributed by atoms with van der Waals surface area (Å²) < 4.78 is 16.5. The third kappa shape index (κ3) is 6.07. The molecule has 1 heterocycles. The number of nitrogens with zero attached hydrogens (tertiary/aromatic N) is 2. The van der Waals surface area contributed by atoms with Crippen LogP contribution in [0.4, 0.5) is 10.1 Å². The monoisotopic (exact) mass is 497 g/mol. The number of rotatable bonds is 7. The lowest BCUT2D eigenvalue weighted by Crippen LogP contribution is -2.53. The highest BCUT2D eigenvalue weighted by molar-refractivity contribution is 7.96. The van der Waals surface area contributed by atoms with Crippen LogP contribution in [0.5, 0.6) is 0 Å². The van der Waals surface area contributed by atoms with Crippen LogP contribution in [-0.2, 0) is 9.59 Å². The van der Waals surface area contributed by atoms with Crippen LogP contribution in [0.15, 0.2) is 48.5 Å². The van der Waals surface area contributed by atoms with Crippen molar-refractivity contribution in [2.75, 3.05) is 17.7 Å². The van der Waals surface area contributed by atoms with Gasteiger partial charge in [-0.05, 0) is 68.2 Å². The van der Waals surface area contributed by atoms with Gasteiger partial charge in [0, 0.05) is 18.3 Å². The number of piperidine rings is 1. The molecule has 2 amide bonds. The Morgan fingerprint density at radius 3 is 2.49 bits per heavy atom. The maximum Gasteiger partial charge on any atom is 0.248 e. The van der Waals surface area contributed by atoms with Crippen molar-refractivity contribution in [1.82, 2.24) is 9.62 Å². The van der Waals surface area contributed by atoms with Gasteiger partial charge in [0.25, 0.3) is 0 Å². The summed E-state index contributed by atoms with van der Waals surface area (Å²) in [5.41, 5.74) is 2.11. The highest BCUT2D eigenvalue weighted by atomic mass is 32.2. The minimum Gasteiger partial charge on any atom is -0.351 e. The van der Waals surface area contributed by atoms with Crippen molar-refractivity contribution < 1.29 is 14.0 Å². The van der Waals surface area contributed by atoms with E-state index >= 15 is 0 Å². The lowest BCUT2D eigenvalue weighted by molar-refractivity contribution is -0.129. The van der Waals surface area contributed by atoms with E-state index < -0.39 is 11.9 Å². The molecule has 0 bridgehead atoms. The SMILES string of the molecule is CSN1CCCC[C@@H]1C(=O)N(c1cccc(F)c1)[C@H](C(=O)NC1CCCCC1)c1ccccc1C. The summed E-state index contributed by atoms with van der Waals surface area (Å²) in [7, 11) is 0. The zero-order valence-corrected chi connectivity index (χ0v) is 21.5. The van der Waals surface area contributed by atoms with Gasteiger partial charge in [-0.3, -0.25) is 14.5 Å². The Kier molecular flexibility index (Phi) is 8.84. The predicted octanol–water partition coefficient (Wildman–Crippen LogP) is 5.79. The smallest absolute Gasteiger partial charge is 0.248 e. The average Bonchev–Trinajstić information content (AvgIpc) is 2.88. The second-order valence-corrected chi connectivity index (χ2v) is 10.5. The van der Waals surface area contributed by atoms with Gasteiger partial charge in [-0.2, -0.15) is 0 Å². The van der Waals surface area contributed by atoms with Crippen LogP contribution in [0.25, 0.3) is 0 Å². The van der Waals surface area contributed by atoms with Crippen LogP contribution in [-0.4, -0.2) is 41.0 Å². The number of benzene rings is 2. The molecular weight excluding hydrogens is 461 g/mol. The van der Waals surface area contributed by atoms with Crippen LogP contribution < -0.4 is 10.2 Å². The molecule has 0 radical (unpaired) electrons. The van der Waals surface area contributed by atoms with E-state index in [1.54, 1.807) is 29.0 Å². The van der Waals surface area contributed by atoms with Gasteiger partial charge in [0.1, 0.15) is 11.9 Å². The molecular formula is C28H36FN3O2S. The van der Waals surface area contributed by atoms with Gasteiger partial charge in [0.2, 0.25) is 11.8 Å². The predicted molar refractivity (Wildman–Crippen MR) is 141 cm³/mol. The van der Waals surface area contributed by atoms with Crippen molar-refractivity contribution in [3.05, 3.63) is 65.5 Å². The summed E-state index contributed by atoms with van der Waals surface area (Å²) in [5.74, 6) is -0.783. The van der Waals surface area contributed by atoms with Gasteiger partial charge in [0.05, 0.1) is 6.04 Å². The summed E-state index contributed by atoms with van der Waals surface area (Å²) in [5, 5.41) is 3.25. The van der Waals surface area contributed by atoms with Gasteiger partial charge in [0.15, 0.2) is 0 Å². The summed E-state index contributed by atoms with van der Waals surface area (Å²) in [6, 6.07) is 12.6. The quantitative estimate of drug-likeness (QED) is 0.492. The molecule has 0 unspecified atom stereocenters. The third-order valence-electron chi connectivity index (χ3n) is 7.24. The molecule has 188 valence electrons. The van der Waals surface area contributed by atoms with Gasteiger partial charge >= 0.3 is 0 Å². The first-order valence-electron chi connectivity index (χ1n) is 12.7. The molecule has 0 aromatic heterocycles. The Balaban J connectivity index is 1.79. The van der Waals surface area contributed by atoms with Gasteiger partial charge in [-0.15, -0.1) is 0 Å². The number of halogens is 1. The number of amides is 2. The molecule has 0 spiro atoms. The van der Waals surface area contributed by atoms with Gasteiger partial charge in [-0.25, -0.2) is 8.70 Å². The molecule has 1 saturated carbocycles. The van der Waals surface area contributed by atoms with E-state index in [1.165, 1.54) is 18.6 Å². The normalized spacial score (nSPS) is 20.3. The fourth-order valence-corrected chi connectivity index (χ4v) is 6.14. The molecule has 7 heteroatoms. The van der Waals surface area contributed by atoms with Crippen molar-refractivity contribution in [2.45, 2.75) is 76.4 Å². The van der Waals surface area contributed by atoms with Crippen molar-refractivity contribution in [2.24, 2.45) is 0 Å². The zero-order chi connectivity index (χ0) is 24.8. The van der Waals surface area contributed by atoms with Crippen LogP contribution >= 0.6 is 11.9 Å². The average molecular weight is 498 g/mol. The molecule has 4 rings (SSSR count). The van der Waals surface area contributed by atoms with Crippen molar-refractivity contribution in [1.29, 1.82) is 0 Å². The van der Waals surface area contributed by atoms with E-state index in [1.807, 2.05) is 37.4 Å². The van der Waals surface area contributed by atoms with Crippen LogP contribution in [0.3, 0.4) is 0 Å². The summed E-state index contributed by atoms with van der Waals surface area (Å²) in [4.78, 5) is 29.8. The van der Waals surface area contributed by atoms with Crippen LogP contribution in [0.2, 0.25) is 0 Å². The third-order valence-corrected chi connectivity index (χ3v) is 8.14. The van der Waals surface area contributed by atoms with Crippen LogP contribution in [0, 0.1) is 12.7 Å². The number of carbonyl (C=O) groups is 2. The Morgan fingerprint density at radius 2 is 1.77 bits per heavy atom. The summed E-state index contributed by atoms with van der Waals surface area (Å²) in [6.07, 6.45) is 9.96. The molecule has 2 atom stereocenters. The topological polar surface area (TPSA) is 52.7 Å². The summed E-state index contributed by atoms with van der Waals surface area (Å²) in [6.45, 7) is 2.77. The summed E-state index contributed by atoms with van der Waals surface area (Å²) >= 11 is 1.56. The maximum atomic E-state index is 14.4. The Bertz CT molecular complexity index is 1030. The molecule has 35 heavy (non-hydrogen) atoms. The molecule has 1 aliphatic heterocycles. The largest absolute Gasteiger partial charge is 0.351 e.